The van der Waals surface area contributed by atoms with Gasteiger partial charge in [-0.15, -0.1) is 11.3 Å². The molecular formula is C16H19BrClNOS. The van der Waals surface area contributed by atoms with Crippen LogP contribution in [0.5, 0.6) is 5.75 Å². The molecule has 0 spiro atoms. The molecule has 0 atom stereocenters. The quantitative estimate of drug-likeness (QED) is 0.716. The van der Waals surface area contributed by atoms with Crippen molar-refractivity contribution in [2.24, 2.45) is 0 Å². The Morgan fingerprint density at radius 1 is 1.19 bits per heavy atom. The number of halogens is 2. The highest BCUT2D eigenvalue weighted by Crippen LogP contribution is 2.29. The molecule has 0 radical (unpaired) electrons. The van der Waals surface area contributed by atoms with E-state index in [1.165, 1.54) is 9.75 Å². The highest BCUT2D eigenvalue weighted by Gasteiger charge is 2.10. The van der Waals surface area contributed by atoms with Gasteiger partial charge in [-0.3, -0.25) is 0 Å². The Bertz CT molecular complexity index is 607. The first kappa shape index (κ1) is 16.8. The molecule has 0 fully saturated rings. The first-order chi connectivity index (χ1) is 9.83. The number of hydrogen-bond donors (Lipinski definition) is 1. The smallest absolute Gasteiger partial charge is 0.134 e. The predicted molar refractivity (Wildman–Crippen MR) is 94.4 cm³/mol. The van der Waals surface area contributed by atoms with Crippen molar-refractivity contribution < 1.29 is 4.74 Å². The largest absolute Gasteiger partial charge is 0.487 e. The van der Waals surface area contributed by atoms with Crippen molar-refractivity contribution in [1.29, 1.82) is 0 Å². The van der Waals surface area contributed by atoms with Gasteiger partial charge in [0, 0.05) is 26.9 Å². The summed E-state index contributed by atoms with van der Waals surface area (Å²) in [7, 11) is 0. The lowest BCUT2D eigenvalue weighted by atomic mass is 10.1. The predicted octanol–water partition coefficient (Wildman–Crippen LogP) is 5.63. The summed E-state index contributed by atoms with van der Waals surface area (Å²) in [6, 6.07) is 9.81. The van der Waals surface area contributed by atoms with Crippen LogP contribution >= 0.6 is 38.9 Å². The normalized spacial score (nSPS) is 11.7. The van der Waals surface area contributed by atoms with Crippen LogP contribution in [0.2, 0.25) is 5.02 Å². The minimum atomic E-state index is 0.134. The van der Waals surface area contributed by atoms with Crippen molar-refractivity contribution in [3.63, 3.8) is 0 Å². The molecular weight excluding hydrogens is 370 g/mol. The lowest BCUT2D eigenvalue weighted by Gasteiger charge is -2.19. The molecule has 1 aromatic heterocycles. The topological polar surface area (TPSA) is 21.3 Å². The summed E-state index contributed by atoms with van der Waals surface area (Å²) in [5.74, 6) is 0.808. The third-order valence-electron chi connectivity index (χ3n) is 2.77. The summed E-state index contributed by atoms with van der Waals surface area (Å²) < 4.78 is 6.70. The molecule has 0 bridgehead atoms. The maximum absolute atomic E-state index is 5.92. The molecule has 0 amide bonds. The van der Waals surface area contributed by atoms with Crippen LogP contribution in [-0.2, 0) is 13.2 Å². The van der Waals surface area contributed by atoms with E-state index in [1.54, 1.807) is 11.3 Å². The molecule has 114 valence electrons. The van der Waals surface area contributed by atoms with Gasteiger partial charge in [-0.2, -0.15) is 0 Å². The number of nitrogens with one attached hydrogen (secondary N) is 1. The molecule has 1 aromatic carbocycles. The zero-order chi connectivity index (χ0) is 15.5. The molecule has 2 aromatic rings. The summed E-state index contributed by atoms with van der Waals surface area (Å²) >= 11 is 11.1. The first-order valence-corrected chi connectivity index (χ1v) is 8.73. The number of rotatable bonds is 5. The average Bonchev–Trinajstić information content (AvgIpc) is 2.82. The molecule has 1 heterocycles. The molecule has 0 aliphatic carbocycles. The van der Waals surface area contributed by atoms with E-state index in [2.05, 4.69) is 54.2 Å². The second-order valence-electron chi connectivity index (χ2n) is 5.83. The van der Waals surface area contributed by atoms with Gasteiger partial charge in [0.2, 0.25) is 0 Å². The summed E-state index contributed by atoms with van der Waals surface area (Å²) in [6.07, 6.45) is 0. The minimum absolute atomic E-state index is 0.134. The average molecular weight is 389 g/mol. The van der Waals surface area contributed by atoms with E-state index in [-0.39, 0.29) is 5.54 Å². The maximum Gasteiger partial charge on any atom is 0.134 e. The van der Waals surface area contributed by atoms with Crippen LogP contribution in [0, 0.1) is 0 Å². The van der Waals surface area contributed by atoms with Gasteiger partial charge in [0.15, 0.2) is 0 Å². The van der Waals surface area contributed by atoms with E-state index < -0.39 is 0 Å². The first-order valence-electron chi connectivity index (χ1n) is 6.74. The van der Waals surface area contributed by atoms with Crippen molar-refractivity contribution in [3.8, 4) is 5.75 Å². The van der Waals surface area contributed by atoms with Gasteiger partial charge in [0.05, 0.1) is 4.47 Å². The lowest BCUT2D eigenvalue weighted by molar-refractivity contribution is 0.308. The number of benzene rings is 1. The highest BCUT2D eigenvalue weighted by atomic mass is 79.9. The molecule has 0 saturated carbocycles. The van der Waals surface area contributed by atoms with Crippen LogP contribution in [0.1, 0.15) is 30.5 Å². The molecule has 0 aliphatic rings. The Morgan fingerprint density at radius 2 is 1.90 bits per heavy atom. The van der Waals surface area contributed by atoms with Crippen LogP contribution in [-0.4, -0.2) is 5.54 Å². The summed E-state index contributed by atoms with van der Waals surface area (Å²) in [6.45, 7) is 7.97. The van der Waals surface area contributed by atoms with Crippen LogP contribution < -0.4 is 10.1 Å². The highest BCUT2D eigenvalue weighted by molar-refractivity contribution is 9.10. The Labute approximate surface area is 143 Å². The monoisotopic (exact) mass is 387 g/mol. The molecule has 0 unspecified atom stereocenters. The molecule has 2 nitrogen and oxygen atoms in total. The maximum atomic E-state index is 5.92. The fraction of sp³-hybridized carbons (Fsp3) is 0.375. The number of thiophene rings is 1. The Hall–Kier alpha value is -0.550. The van der Waals surface area contributed by atoms with E-state index in [0.29, 0.717) is 11.6 Å². The minimum Gasteiger partial charge on any atom is -0.487 e. The van der Waals surface area contributed by atoms with E-state index in [1.807, 2.05) is 18.2 Å². The van der Waals surface area contributed by atoms with E-state index in [9.17, 15) is 0 Å². The van der Waals surface area contributed by atoms with Gasteiger partial charge < -0.3 is 10.1 Å². The van der Waals surface area contributed by atoms with Crippen molar-refractivity contribution in [1.82, 2.24) is 5.32 Å². The fourth-order valence-electron chi connectivity index (χ4n) is 1.69. The van der Waals surface area contributed by atoms with E-state index in [4.69, 9.17) is 16.3 Å². The fourth-order valence-corrected chi connectivity index (χ4v) is 3.36. The molecule has 1 N–H and O–H groups in total. The Morgan fingerprint density at radius 3 is 2.57 bits per heavy atom. The standard InChI is InChI=1S/C16H19BrClNOS/c1-16(2,3)19-9-12-5-6-13(21-12)10-20-15-7-4-11(18)8-14(15)17/h4-8,19H,9-10H2,1-3H3. The van der Waals surface area contributed by atoms with Gasteiger partial charge in [-0.1, -0.05) is 11.6 Å². The second kappa shape index (κ2) is 7.14. The van der Waals surface area contributed by atoms with Gasteiger partial charge in [-0.25, -0.2) is 0 Å². The Kier molecular flexibility index (Phi) is 5.72. The van der Waals surface area contributed by atoms with Crippen molar-refractivity contribution in [2.45, 2.75) is 39.5 Å². The zero-order valence-electron chi connectivity index (χ0n) is 12.4. The van der Waals surface area contributed by atoms with Gasteiger partial charge in [-0.05, 0) is 67.0 Å². The lowest BCUT2D eigenvalue weighted by Crippen LogP contribution is -2.34. The third kappa shape index (κ3) is 5.62. The van der Waals surface area contributed by atoms with Crippen molar-refractivity contribution >= 4 is 38.9 Å². The zero-order valence-corrected chi connectivity index (χ0v) is 15.5. The molecule has 21 heavy (non-hydrogen) atoms. The van der Waals surface area contributed by atoms with E-state index in [0.717, 1.165) is 16.8 Å². The Balaban J connectivity index is 1.90. The number of hydrogen-bond acceptors (Lipinski definition) is 3. The summed E-state index contributed by atoms with van der Waals surface area (Å²) in [5.41, 5.74) is 0.134. The van der Waals surface area contributed by atoms with Crippen LogP contribution in [0.15, 0.2) is 34.8 Å². The van der Waals surface area contributed by atoms with Crippen molar-refractivity contribution in [3.05, 3.63) is 49.6 Å². The summed E-state index contributed by atoms with van der Waals surface area (Å²) in [5, 5.41) is 4.18. The second-order valence-corrected chi connectivity index (χ2v) is 8.38. The van der Waals surface area contributed by atoms with Gasteiger partial charge in [0.25, 0.3) is 0 Å². The van der Waals surface area contributed by atoms with Gasteiger partial charge in [0.1, 0.15) is 12.4 Å². The van der Waals surface area contributed by atoms with Crippen molar-refractivity contribution in [2.75, 3.05) is 0 Å². The van der Waals surface area contributed by atoms with Crippen LogP contribution in [0.4, 0.5) is 0 Å². The van der Waals surface area contributed by atoms with E-state index >= 15 is 0 Å². The van der Waals surface area contributed by atoms with Crippen LogP contribution in [0.25, 0.3) is 0 Å². The van der Waals surface area contributed by atoms with Gasteiger partial charge >= 0.3 is 0 Å². The number of ether oxygens (including phenoxy) is 1. The SMILES string of the molecule is CC(C)(C)NCc1ccc(COc2ccc(Cl)cc2Br)s1. The molecule has 0 aliphatic heterocycles. The van der Waals surface area contributed by atoms with Crippen LogP contribution in [0.3, 0.4) is 0 Å². The third-order valence-corrected chi connectivity index (χ3v) is 4.69. The molecule has 2 rings (SSSR count). The summed E-state index contributed by atoms with van der Waals surface area (Å²) in [4.78, 5) is 2.53. The molecule has 5 heteroatoms. The molecule has 0 saturated heterocycles.